The maximum Gasteiger partial charge on any atom is 0.227 e. The largest absolute Gasteiger partial charge is 0.436 e. The molecule has 0 fully saturated rings. The van der Waals surface area contributed by atoms with Crippen LogP contribution in [0.1, 0.15) is 5.56 Å². The second-order valence-electron chi connectivity index (χ2n) is 3.79. The summed E-state index contributed by atoms with van der Waals surface area (Å²) in [6.45, 7) is 0. The van der Waals surface area contributed by atoms with Gasteiger partial charge in [-0.3, -0.25) is 0 Å². The summed E-state index contributed by atoms with van der Waals surface area (Å²) >= 11 is 5.99. The van der Waals surface area contributed by atoms with Gasteiger partial charge in [0.05, 0.1) is 10.6 Å². The number of rotatable bonds is 1. The molecule has 86 valence electrons. The van der Waals surface area contributed by atoms with Crippen LogP contribution < -0.4 is 0 Å². The summed E-state index contributed by atoms with van der Waals surface area (Å²) in [5, 5.41) is 9.22. The van der Waals surface area contributed by atoms with E-state index in [-0.39, 0.29) is 0 Å². The lowest BCUT2D eigenvalue weighted by molar-refractivity contribution is 0.620. The molecule has 0 aliphatic rings. The van der Waals surface area contributed by atoms with Crippen molar-refractivity contribution in [2.45, 2.75) is 0 Å². The summed E-state index contributed by atoms with van der Waals surface area (Å²) in [7, 11) is 0. The second kappa shape index (κ2) is 4.17. The molecule has 0 saturated carbocycles. The first kappa shape index (κ1) is 10.8. The van der Waals surface area contributed by atoms with Crippen LogP contribution >= 0.6 is 11.6 Å². The highest BCUT2D eigenvalue weighted by Crippen LogP contribution is 2.27. The number of nitriles is 1. The van der Waals surface area contributed by atoms with Gasteiger partial charge in [0.25, 0.3) is 0 Å². The van der Waals surface area contributed by atoms with Gasteiger partial charge in [0.2, 0.25) is 5.89 Å². The molecular weight excluding hydrogens is 248 g/mol. The number of oxazole rings is 1. The Balaban J connectivity index is 2.15. The number of benzene rings is 2. The van der Waals surface area contributed by atoms with Crippen molar-refractivity contribution in [2.75, 3.05) is 0 Å². The van der Waals surface area contributed by atoms with Crippen molar-refractivity contribution in [3.63, 3.8) is 0 Å². The Bertz CT molecular complexity index is 738. The fraction of sp³-hybridized carbons (Fsp3) is 0. The molecule has 0 N–H and O–H groups in total. The third-order valence-electron chi connectivity index (χ3n) is 2.63. The second-order valence-corrected chi connectivity index (χ2v) is 4.20. The number of halogens is 1. The average molecular weight is 255 g/mol. The van der Waals surface area contributed by atoms with Gasteiger partial charge in [0, 0.05) is 5.56 Å². The molecule has 18 heavy (non-hydrogen) atoms. The number of aromatic nitrogens is 1. The van der Waals surface area contributed by atoms with Gasteiger partial charge in [0.15, 0.2) is 5.58 Å². The van der Waals surface area contributed by atoms with E-state index in [1.165, 1.54) is 0 Å². The monoisotopic (exact) mass is 254 g/mol. The van der Waals surface area contributed by atoms with E-state index in [1.807, 2.05) is 30.3 Å². The van der Waals surface area contributed by atoms with E-state index < -0.39 is 0 Å². The molecule has 0 spiro atoms. The molecule has 3 rings (SSSR count). The minimum absolute atomic E-state index is 0.400. The topological polar surface area (TPSA) is 49.8 Å². The summed E-state index contributed by atoms with van der Waals surface area (Å²) in [6, 6.07) is 14.7. The third-order valence-corrected chi connectivity index (χ3v) is 2.94. The molecule has 1 heterocycles. The molecule has 0 saturated heterocycles. The molecule has 4 heteroatoms. The quantitative estimate of drug-likeness (QED) is 0.659. The zero-order valence-corrected chi connectivity index (χ0v) is 9.98. The van der Waals surface area contributed by atoms with Gasteiger partial charge >= 0.3 is 0 Å². The highest BCUT2D eigenvalue weighted by molar-refractivity contribution is 6.32. The first-order valence-corrected chi connectivity index (χ1v) is 5.71. The van der Waals surface area contributed by atoms with Crippen LogP contribution in [0, 0.1) is 11.3 Å². The van der Waals surface area contributed by atoms with Crippen molar-refractivity contribution < 1.29 is 4.42 Å². The molecule has 1 aromatic heterocycles. The van der Waals surface area contributed by atoms with Crippen LogP contribution in [0.2, 0.25) is 5.02 Å². The van der Waals surface area contributed by atoms with Crippen LogP contribution in [0.4, 0.5) is 0 Å². The van der Waals surface area contributed by atoms with Gasteiger partial charge in [-0.15, -0.1) is 0 Å². The Morgan fingerprint density at radius 1 is 1.17 bits per heavy atom. The number of para-hydroxylation sites is 2. The van der Waals surface area contributed by atoms with Crippen molar-refractivity contribution in [1.82, 2.24) is 4.98 Å². The highest BCUT2D eigenvalue weighted by atomic mass is 35.5. The molecule has 0 atom stereocenters. The van der Waals surface area contributed by atoms with Gasteiger partial charge in [-0.05, 0) is 30.3 Å². The lowest BCUT2D eigenvalue weighted by atomic mass is 10.1. The lowest BCUT2D eigenvalue weighted by Gasteiger charge is -1.97. The Morgan fingerprint density at radius 2 is 2.00 bits per heavy atom. The average Bonchev–Trinajstić information content (AvgIpc) is 2.82. The van der Waals surface area contributed by atoms with Gasteiger partial charge < -0.3 is 4.42 Å². The minimum atomic E-state index is 0.400. The van der Waals surface area contributed by atoms with E-state index >= 15 is 0 Å². The minimum Gasteiger partial charge on any atom is -0.436 e. The predicted molar refractivity (Wildman–Crippen MR) is 69.2 cm³/mol. The fourth-order valence-electron chi connectivity index (χ4n) is 1.73. The zero-order chi connectivity index (χ0) is 12.5. The summed E-state index contributed by atoms with van der Waals surface area (Å²) in [5.74, 6) is 0.502. The van der Waals surface area contributed by atoms with Crippen LogP contribution in [-0.4, -0.2) is 4.98 Å². The molecule has 3 nitrogen and oxygen atoms in total. The Labute approximate surface area is 108 Å². The van der Waals surface area contributed by atoms with Crippen LogP contribution in [0.3, 0.4) is 0 Å². The fourth-order valence-corrected chi connectivity index (χ4v) is 1.96. The van der Waals surface area contributed by atoms with Gasteiger partial charge in [-0.25, -0.2) is 4.98 Å². The van der Waals surface area contributed by atoms with Gasteiger partial charge in [0.1, 0.15) is 11.6 Å². The standard InChI is InChI=1S/C14H7ClN2O/c15-11-7-9(5-6-10(11)8-16)14-17-12-3-1-2-4-13(12)18-14/h1-7H. The normalized spacial score (nSPS) is 10.4. The predicted octanol–water partition coefficient (Wildman–Crippen LogP) is 4.02. The van der Waals surface area contributed by atoms with E-state index in [1.54, 1.807) is 18.2 Å². The molecule has 0 aliphatic carbocycles. The van der Waals surface area contributed by atoms with Crippen molar-refractivity contribution in [3.8, 4) is 17.5 Å². The van der Waals surface area contributed by atoms with E-state index in [9.17, 15) is 0 Å². The summed E-state index contributed by atoms with van der Waals surface area (Å²) in [6.07, 6.45) is 0. The molecule has 2 aromatic carbocycles. The molecule has 0 bridgehead atoms. The Kier molecular flexibility index (Phi) is 2.51. The molecule has 0 aliphatic heterocycles. The smallest absolute Gasteiger partial charge is 0.227 e. The van der Waals surface area contributed by atoms with Crippen LogP contribution in [0.25, 0.3) is 22.6 Å². The highest BCUT2D eigenvalue weighted by Gasteiger charge is 2.09. The Morgan fingerprint density at radius 3 is 2.72 bits per heavy atom. The van der Waals surface area contributed by atoms with Crippen molar-refractivity contribution in [1.29, 1.82) is 5.26 Å². The molecule has 0 amide bonds. The lowest BCUT2D eigenvalue weighted by Crippen LogP contribution is -1.81. The molecule has 0 unspecified atom stereocenters. The molecular formula is C14H7ClN2O. The van der Waals surface area contributed by atoms with Crippen molar-refractivity contribution in [2.24, 2.45) is 0 Å². The third kappa shape index (κ3) is 1.73. The van der Waals surface area contributed by atoms with E-state index in [0.29, 0.717) is 16.5 Å². The van der Waals surface area contributed by atoms with Gasteiger partial charge in [-0.1, -0.05) is 23.7 Å². The number of hydrogen-bond acceptors (Lipinski definition) is 3. The van der Waals surface area contributed by atoms with Crippen LogP contribution in [0.15, 0.2) is 46.9 Å². The summed E-state index contributed by atoms with van der Waals surface area (Å²) < 4.78 is 5.63. The molecule has 3 aromatic rings. The first-order valence-electron chi connectivity index (χ1n) is 5.33. The first-order chi connectivity index (χ1) is 8.78. The number of hydrogen-bond donors (Lipinski definition) is 0. The molecule has 0 radical (unpaired) electrons. The van der Waals surface area contributed by atoms with Crippen molar-refractivity contribution >= 4 is 22.7 Å². The Hall–Kier alpha value is -2.31. The number of fused-ring (bicyclic) bond motifs is 1. The van der Waals surface area contributed by atoms with Gasteiger partial charge in [-0.2, -0.15) is 5.26 Å². The maximum atomic E-state index is 8.82. The number of nitrogens with zero attached hydrogens (tertiary/aromatic N) is 2. The SMILES string of the molecule is N#Cc1ccc(-c2nc3ccccc3o2)cc1Cl. The zero-order valence-electron chi connectivity index (χ0n) is 9.22. The summed E-state index contributed by atoms with van der Waals surface area (Å²) in [5.41, 5.74) is 2.73. The van der Waals surface area contributed by atoms with E-state index in [4.69, 9.17) is 21.3 Å². The van der Waals surface area contributed by atoms with E-state index in [0.717, 1.165) is 16.7 Å². The maximum absolute atomic E-state index is 8.82. The van der Waals surface area contributed by atoms with Crippen molar-refractivity contribution in [3.05, 3.63) is 53.1 Å². The van der Waals surface area contributed by atoms with Crippen LogP contribution in [-0.2, 0) is 0 Å². The van der Waals surface area contributed by atoms with Crippen LogP contribution in [0.5, 0.6) is 0 Å². The van der Waals surface area contributed by atoms with E-state index in [2.05, 4.69) is 4.98 Å². The summed E-state index contributed by atoms with van der Waals surface area (Å²) in [4.78, 5) is 4.37.